The van der Waals surface area contributed by atoms with E-state index in [4.69, 9.17) is 0 Å². The van der Waals surface area contributed by atoms with Gasteiger partial charge in [0.2, 0.25) is 0 Å². The summed E-state index contributed by atoms with van der Waals surface area (Å²) in [6.45, 7) is 9.01. The Morgan fingerprint density at radius 2 is 2.11 bits per heavy atom. The maximum absolute atomic E-state index is 12.6. The molecule has 0 amide bonds. The molecule has 2 aliphatic rings. The van der Waals surface area contributed by atoms with Gasteiger partial charge in [0, 0.05) is 5.41 Å². The van der Waals surface area contributed by atoms with E-state index in [1.54, 1.807) is 0 Å². The van der Waals surface area contributed by atoms with E-state index >= 15 is 0 Å². The van der Waals surface area contributed by atoms with Crippen molar-refractivity contribution in [2.24, 2.45) is 22.7 Å². The standard InChI is InChI=1S/C17H26O/c1-5-6-11-17-13(2)8-7-9-14(17)16(3,4)12-10-15(17)18/h7-8,10,12-14H,5-6,9,11H2,1-4H3/t13-,14-,17-/m1/s1. The van der Waals surface area contributed by atoms with Crippen LogP contribution in [-0.2, 0) is 4.79 Å². The summed E-state index contributed by atoms with van der Waals surface area (Å²) in [5.41, 5.74) is 0.00365. The predicted molar refractivity (Wildman–Crippen MR) is 76.3 cm³/mol. The molecule has 0 fully saturated rings. The van der Waals surface area contributed by atoms with Crippen molar-refractivity contribution in [2.45, 2.75) is 53.4 Å². The third-order valence-corrected chi connectivity index (χ3v) is 5.20. The molecule has 0 unspecified atom stereocenters. The molecule has 0 aromatic carbocycles. The Morgan fingerprint density at radius 3 is 2.78 bits per heavy atom. The van der Waals surface area contributed by atoms with Gasteiger partial charge in [-0.2, -0.15) is 0 Å². The van der Waals surface area contributed by atoms with Crippen LogP contribution in [0, 0.1) is 22.7 Å². The van der Waals surface area contributed by atoms with E-state index in [2.05, 4.69) is 45.9 Å². The van der Waals surface area contributed by atoms with Crippen molar-refractivity contribution in [3.63, 3.8) is 0 Å². The van der Waals surface area contributed by atoms with E-state index in [0.29, 0.717) is 17.6 Å². The lowest BCUT2D eigenvalue weighted by Crippen LogP contribution is -2.51. The first kappa shape index (κ1) is 13.6. The molecule has 1 nitrogen and oxygen atoms in total. The third-order valence-electron chi connectivity index (χ3n) is 5.20. The summed E-state index contributed by atoms with van der Waals surface area (Å²) in [5, 5.41) is 0. The summed E-state index contributed by atoms with van der Waals surface area (Å²) in [5.74, 6) is 1.21. The molecule has 0 saturated heterocycles. The number of allylic oxidation sites excluding steroid dienone is 4. The molecule has 0 spiro atoms. The molecule has 0 N–H and O–H groups in total. The van der Waals surface area contributed by atoms with Crippen molar-refractivity contribution in [1.29, 1.82) is 0 Å². The molecule has 0 aromatic rings. The summed E-state index contributed by atoms with van der Waals surface area (Å²) in [6.07, 6.45) is 13.0. The number of ketones is 1. The zero-order valence-corrected chi connectivity index (χ0v) is 12.2. The molecule has 0 aromatic heterocycles. The quantitative estimate of drug-likeness (QED) is 0.668. The first-order chi connectivity index (χ1) is 8.45. The lowest BCUT2D eigenvalue weighted by atomic mass is 9.50. The van der Waals surface area contributed by atoms with Gasteiger partial charge in [-0.3, -0.25) is 4.79 Å². The third kappa shape index (κ3) is 1.88. The molecule has 0 bridgehead atoms. The number of carbonyl (C=O) groups is 1. The molecule has 0 aliphatic heterocycles. The van der Waals surface area contributed by atoms with Gasteiger partial charge in [-0.25, -0.2) is 0 Å². The maximum atomic E-state index is 12.6. The Labute approximate surface area is 111 Å². The van der Waals surface area contributed by atoms with Crippen LogP contribution in [0.25, 0.3) is 0 Å². The van der Waals surface area contributed by atoms with Gasteiger partial charge in [0.05, 0.1) is 0 Å². The summed E-state index contributed by atoms with van der Waals surface area (Å²) < 4.78 is 0. The predicted octanol–water partition coefficient (Wildman–Crippen LogP) is 4.54. The number of carbonyl (C=O) groups excluding carboxylic acids is 1. The second-order valence-electron chi connectivity index (χ2n) is 6.67. The zero-order chi connectivity index (χ0) is 13.4. The van der Waals surface area contributed by atoms with Gasteiger partial charge in [-0.1, -0.05) is 58.8 Å². The van der Waals surface area contributed by atoms with Crippen molar-refractivity contribution in [2.75, 3.05) is 0 Å². The highest BCUT2D eigenvalue weighted by atomic mass is 16.1. The maximum Gasteiger partial charge on any atom is 0.162 e. The van der Waals surface area contributed by atoms with Crippen LogP contribution >= 0.6 is 0 Å². The Morgan fingerprint density at radius 1 is 1.39 bits per heavy atom. The van der Waals surface area contributed by atoms with Crippen molar-refractivity contribution in [1.82, 2.24) is 0 Å². The van der Waals surface area contributed by atoms with Crippen molar-refractivity contribution in [3.8, 4) is 0 Å². The number of hydrogen-bond donors (Lipinski definition) is 0. The number of unbranched alkanes of at least 4 members (excludes halogenated alkanes) is 1. The van der Waals surface area contributed by atoms with Crippen LogP contribution in [0.4, 0.5) is 0 Å². The average Bonchev–Trinajstić information content (AvgIpc) is 2.33. The van der Waals surface area contributed by atoms with Crippen LogP contribution in [0.5, 0.6) is 0 Å². The van der Waals surface area contributed by atoms with Gasteiger partial charge < -0.3 is 0 Å². The van der Waals surface area contributed by atoms with E-state index in [9.17, 15) is 4.79 Å². The minimum atomic E-state index is -0.136. The van der Waals surface area contributed by atoms with Crippen molar-refractivity contribution in [3.05, 3.63) is 24.3 Å². The first-order valence-electron chi connectivity index (χ1n) is 7.35. The summed E-state index contributed by atoms with van der Waals surface area (Å²) in [7, 11) is 0. The number of rotatable bonds is 3. The van der Waals surface area contributed by atoms with E-state index < -0.39 is 0 Å². The summed E-state index contributed by atoms with van der Waals surface area (Å²) >= 11 is 0. The van der Waals surface area contributed by atoms with Crippen LogP contribution in [0.15, 0.2) is 24.3 Å². The fraction of sp³-hybridized carbons (Fsp3) is 0.706. The Hall–Kier alpha value is -0.850. The molecular weight excluding hydrogens is 220 g/mol. The van der Waals surface area contributed by atoms with E-state index in [1.165, 1.54) is 6.42 Å². The lowest BCUT2D eigenvalue weighted by Gasteiger charge is -2.53. The summed E-state index contributed by atoms with van der Waals surface area (Å²) in [4.78, 5) is 12.6. The molecule has 0 saturated carbocycles. The van der Waals surface area contributed by atoms with Crippen molar-refractivity contribution < 1.29 is 4.79 Å². The van der Waals surface area contributed by atoms with E-state index in [-0.39, 0.29) is 10.8 Å². The number of fused-ring (bicyclic) bond motifs is 1. The van der Waals surface area contributed by atoms with Crippen LogP contribution in [-0.4, -0.2) is 5.78 Å². The second kappa shape index (κ2) is 4.68. The van der Waals surface area contributed by atoms with Gasteiger partial charge in [0.1, 0.15) is 0 Å². The van der Waals surface area contributed by atoms with Crippen molar-refractivity contribution >= 4 is 5.78 Å². The molecule has 3 atom stereocenters. The first-order valence-corrected chi connectivity index (χ1v) is 7.35. The molecule has 2 rings (SSSR count). The fourth-order valence-corrected chi connectivity index (χ4v) is 4.04. The normalized spacial score (nSPS) is 37.7. The van der Waals surface area contributed by atoms with Gasteiger partial charge >= 0.3 is 0 Å². The summed E-state index contributed by atoms with van der Waals surface area (Å²) in [6, 6.07) is 0. The minimum Gasteiger partial charge on any atom is -0.294 e. The highest BCUT2D eigenvalue weighted by Crippen LogP contribution is 2.56. The molecule has 0 radical (unpaired) electrons. The van der Waals surface area contributed by atoms with Crippen LogP contribution in [0.2, 0.25) is 0 Å². The lowest BCUT2D eigenvalue weighted by molar-refractivity contribution is -0.135. The van der Waals surface area contributed by atoms with Crippen LogP contribution in [0.3, 0.4) is 0 Å². The topological polar surface area (TPSA) is 17.1 Å². The second-order valence-corrected chi connectivity index (χ2v) is 6.67. The SMILES string of the molecule is CCCC[C@]12C(=O)C=CC(C)(C)[C@H]1CC=C[C@H]2C. The fourth-order valence-electron chi connectivity index (χ4n) is 4.04. The Bertz CT molecular complexity index is 388. The highest BCUT2D eigenvalue weighted by Gasteiger charge is 2.54. The van der Waals surface area contributed by atoms with Gasteiger partial charge in [-0.15, -0.1) is 0 Å². The van der Waals surface area contributed by atoms with Gasteiger partial charge in [-0.05, 0) is 36.2 Å². The van der Waals surface area contributed by atoms with E-state index in [0.717, 1.165) is 19.3 Å². The molecular formula is C17H26O. The number of hydrogen-bond acceptors (Lipinski definition) is 1. The van der Waals surface area contributed by atoms with Gasteiger partial charge in [0.15, 0.2) is 5.78 Å². The Kier molecular flexibility index (Phi) is 3.53. The molecule has 100 valence electrons. The zero-order valence-electron chi connectivity index (χ0n) is 12.2. The molecule has 2 aliphatic carbocycles. The molecule has 0 heterocycles. The average molecular weight is 246 g/mol. The minimum absolute atomic E-state index is 0.136. The van der Waals surface area contributed by atoms with E-state index in [1.807, 2.05) is 6.08 Å². The largest absolute Gasteiger partial charge is 0.294 e. The Balaban J connectivity index is 2.47. The van der Waals surface area contributed by atoms with Crippen LogP contribution in [0.1, 0.15) is 53.4 Å². The molecule has 1 heteroatoms. The highest BCUT2D eigenvalue weighted by molar-refractivity contribution is 5.97. The monoisotopic (exact) mass is 246 g/mol. The molecule has 18 heavy (non-hydrogen) atoms. The van der Waals surface area contributed by atoms with Gasteiger partial charge in [0.25, 0.3) is 0 Å². The smallest absolute Gasteiger partial charge is 0.162 e. The van der Waals surface area contributed by atoms with Crippen LogP contribution < -0.4 is 0 Å².